The highest BCUT2D eigenvalue weighted by Gasteiger charge is 2.36. The molecule has 4 heteroatoms. The lowest BCUT2D eigenvalue weighted by molar-refractivity contribution is -0.100. The predicted molar refractivity (Wildman–Crippen MR) is 72.8 cm³/mol. The van der Waals surface area contributed by atoms with E-state index in [0.717, 1.165) is 18.4 Å². The summed E-state index contributed by atoms with van der Waals surface area (Å²) in [4.78, 5) is 0. The lowest BCUT2D eigenvalue weighted by Gasteiger charge is -2.18. The zero-order chi connectivity index (χ0) is 15.1. The van der Waals surface area contributed by atoms with Crippen LogP contribution in [0.25, 0.3) is 0 Å². The van der Waals surface area contributed by atoms with Crippen molar-refractivity contribution in [1.82, 2.24) is 0 Å². The lowest BCUT2D eigenvalue weighted by atomic mass is 9.95. The van der Waals surface area contributed by atoms with Crippen LogP contribution in [-0.2, 0) is 0 Å². The summed E-state index contributed by atoms with van der Waals surface area (Å²) in [7, 11) is 0. The van der Waals surface area contributed by atoms with Crippen molar-refractivity contribution in [1.29, 1.82) is 0 Å². The molecule has 0 radical (unpaired) electrons. The third-order valence-corrected chi connectivity index (χ3v) is 2.92. The average molecular weight is 276 g/mol. The van der Waals surface area contributed by atoms with Gasteiger partial charge in [-0.3, -0.25) is 0 Å². The molecule has 0 heterocycles. The highest BCUT2D eigenvalue weighted by molar-refractivity contribution is 5.11. The van der Waals surface area contributed by atoms with Crippen LogP contribution < -0.4 is 0 Å². The van der Waals surface area contributed by atoms with Gasteiger partial charge in [0.1, 0.15) is 0 Å². The second-order valence-electron chi connectivity index (χ2n) is 5.01. The molecule has 0 amide bonds. The summed E-state index contributed by atoms with van der Waals surface area (Å²) in [5.41, 5.74) is 1.40. The minimum atomic E-state index is -4.43. The van der Waals surface area contributed by atoms with Crippen molar-refractivity contribution in [3.05, 3.63) is 35.5 Å². The second-order valence-corrected chi connectivity index (χ2v) is 5.01. The monoisotopic (exact) mass is 276 g/mol. The van der Waals surface area contributed by atoms with E-state index >= 15 is 0 Å². The van der Waals surface area contributed by atoms with E-state index in [1.54, 1.807) is 6.08 Å². The van der Waals surface area contributed by atoms with Crippen LogP contribution in [-0.4, -0.2) is 17.9 Å². The summed E-state index contributed by atoms with van der Waals surface area (Å²) in [5, 5.41) is 9.02. The van der Waals surface area contributed by atoms with Gasteiger partial charge in [0, 0.05) is 11.5 Å². The van der Waals surface area contributed by atoms with Crippen molar-refractivity contribution in [3.8, 4) is 0 Å². The van der Waals surface area contributed by atoms with Crippen LogP contribution >= 0.6 is 0 Å². The fraction of sp³-hybridized carbons (Fsp3) is 0.600. The number of halogens is 3. The number of hydrogen-bond acceptors (Lipinski definition) is 1. The van der Waals surface area contributed by atoms with E-state index < -0.39 is 24.3 Å². The van der Waals surface area contributed by atoms with Gasteiger partial charge in [0.25, 0.3) is 0 Å². The van der Waals surface area contributed by atoms with E-state index in [-0.39, 0.29) is 6.42 Å². The number of aliphatic hydroxyl groups excluding tert-OH is 1. The second kappa shape index (κ2) is 8.20. The Morgan fingerprint density at radius 1 is 1.21 bits per heavy atom. The van der Waals surface area contributed by atoms with E-state index in [9.17, 15) is 13.2 Å². The third kappa shape index (κ3) is 7.88. The normalized spacial score (nSPS) is 14.2. The number of allylic oxidation sites excluding steroid dienone is 4. The zero-order valence-corrected chi connectivity index (χ0v) is 11.8. The molecular weight excluding hydrogens is 253 g/mol. The highest BCUT2D eigenvalue weighted by atomic mass is 19.4. The van der Waals surface area contributed by atoms with Crippen LogP contribution in [0.3, 0.4) is 0 Å². The Balaban J connectivity index is 4.41. The molecular formula is C15H23F3O. The van der Waals surface area contributed by atoms with Crippen LogP contribution in [0, 0.1) is 5.92 Å². The van der Waals surface area contributed by atoms with Crippen LogP contribution in [0.1, 0.15) is 40.0 Å². The van der Waals surface area contributed by atoms with E-state index in [0.29, 0.717) is 0 Å². The Labute approximate surface area is 113 Å². The fourth-order valence-corrected chi connectivity index (χ4v) is 1.59. The molecule has 0 spiro atoms. The molecule has 0 saturated carbocycles. The van der Waals surface area contributed by atoms with Gasteiger partial charge < -0.3 is 5.11 Å². The molecule has 0 bridgehead atoms. The summed E-state index contributed by atoms with van der Waals surface area (Å²) < 4.78 is 37.4. The van der Waals surface area contributed by atoms with Gasteiger partial charge in [0.05, 0.1) is 6.61 Å². The Morgan fingerprint density at radius 2 is 1.79 bits per heavy atom. The molecule has 0 aromatic carbocycles. The van der Waals surface area contributed by atoms with Crippen molar-refractivity contribution >= 4 is 0 Å². The maximum Gasteiger partial charge on any atom is 0.412 e. The molecule has 0 aromatic rings. The number of hydrogen-bond donors (Lipinski definition) is 1. The molecule has 0 aliphatic heterocycles. The van der Waals surface area contributed by atoms with E-state index in [1.807, 2.05) is 20.8 Å². The van der Waals surface area contributed by atoms with Gasteiger partial charge in [0.2, 0.25) is 0 Å². The van der Waals surface area contributed by atoms with Crippen LogP contribution in [0.4, 0.5) is 13.2 Å². The van der Waals surface area contributed by atoms with Gasteiger partial charge in [-0.25, -0.2) is 0 Å². The zero-order valence-electron chi connectivity index (χ0n) is 11.8. The first-order valence-corrected chi connectivity index (χ1v) is 6.34. The SMILES string of the molecule is C=C(C(CO)C/C=C(\C)CCC=C(C)C)C(F)(F)F. The van der Waals surface area contributed by atoms with Crippen LogP contribution in [0.5, 0.6) is 0 Å². The fourth-order valence-electron chi connectivity index (χ4n) is 1.59. The Kier molecular flexibility index (Phi) is 7.76. The molecule has 0 aliphatic carbocycles. The Hall–Kier alpha value is -1.03. The molecule has 0 rings (SSSR count). The first-order valence-electron chi connectivity index (χ1n) is 6.34. The van der Waals surface area contributed by atoms with Gasteiger partial charge in [-0.15, -0.1) is 0 Å². The number of rotatable bonds is 7. The molecule has 0 saturated heterocycles. The van der Waals surface area contributed by atoms with Gasteiger partial charge >= 0.3 is 6.18 Å². The van der Waals surface area contributed by atoms with Gasteiger partial charge in [0.15, 0.2) is 0 Å². The van der Waals surface area contributed by atoms with Crippen molar-refractivity contribution in [3.63, 3.8) is 0 Å². The standard InChI is InChI=1S/C15H23F3O/c1-11(2)6-5-7-12(3)8-9-14(10-19)13(4)15(16,17)18/h6,8,14,19H,4-5,7,9-10H2,1-3H3/b12-8+. The highest BCUT2D eigenvalue weighted by Crippen LogP contribution is 2.31. The molecule has 0 fully saturated rings. The largest absolute Gasteiger partial charge is 0.412 e. The van der Waals surface area contributed by atoms with Crippen molar-refractivity contribution in [2.45, 2.75) is 46.2 Å². The molecule has 1 unspecified atom stereocenters. The molecule has 1 nitrogen and oxygen atoms in total. The maximum absolute atomic E-state index is 12.5. The third-order valence-electron chi connectivity index (χ3n) is 2.92. The minimum absolute atomic E-state index is 0.176. The summed E-state index contributed by atoms with van der Waals surface area (Å²) in [6.07, 6.45) is 1.30. The van der Waals surface area contributed by atoms with Gasteiger partial charge in [-0.1, -0.05) is 29.9 Å². The number of alkyl halides is 3. The minimum Gasteiger partial charge on any atom is -0.396 e. The lowest BCUT2D eigenvalue weighted by Crippen LogP contribution is -2.21. The van der Waals surface area contributed by atoms with Crippen molar-refractivity contribution in [2.75, 3.05) is 6.61 Å². The Bertz CT molecular complexity index is 347. The molecule has 1 N–H and O–H groups in total. The van der Waals surface area contributed by atoms with Crippen LogP contribution in [0.2, 0.25) is 0 Å². The molecule has 0 aromatic heterocycles. The van der Waals surface area contributed by atoms with Gasteiger partial charge in [-0.2, -0.15) is 13.2 Å². The summed E-state index contributed by atoms with van der Waals surface area (Å²) >= 11 is 0. The quantitative estimate of drug-likeness (QED) is 0.662. The topological polar surface area (TPSA) is 20.2 Å². The average Bonchev–Trinajstić information content (AvgIpc) is 2.27. The summed E-state index contributed by atoms with van der Waals surface area (Å²) in [6.45, 7) is 8.41. The first kappa shape index (κ1) is 18.0. The summed E-state index contributed by atoms with van der Waals surface area (Å²) in [6, 6.07) is 0. The van der Waals surface area contributed by atoms with Crippen molar-refractivity contribution < 1.29 is 18.3 Å². The first-order chi connectivity index (χ1) is 8.68. The van der Waals surface area contributed by atoms with Gasteiger partial charge in [-0.05, 0) is 40.0 Å². The van der Waals surface area contributed by atoms with E-state index in [2.05, 4.69) is 12.7 Å². The summed E-state index contributed by atoms with van der Waals surface area (Å²) in [5.74, 6) is -0.946. The Morgan fingerprint density at radius 3 is 2.21 bits per heavy atom. The van der Waals surface area contributed by atoms with E-state index in [4.69, 9.17) is 5.11 Å². The predicted octanol–water partition coefficient (Wildman–Crippen LogP) is 4.80. The number of aliphatic hydroxyl groups is 1. The maximum atomic E-state index is 12.5. The smallest absolute Gasteiger partial charge is 0.396 e. The molecule has 0 aliphatic rings. The molecule has 19 heavy (non-hydrogen) atoms. The molecule has 1 atom stereocenters. The molecule has 110 valence electrons. The van der Waals surface area contributed by atoms with E-state index in [1.165, 1.54) is 5.57 Å². The van der Waals surface area contributed by atoms with Crippen molar-refractivity contribution in [2.24, 2.45) is 5.92 Å². The van der Waals surface area contributed by atoms with Crippen LogP contribution in [0.15, 0.2) is 35.5 Å².